The highest BCUT2D eigenvalue weighted by atomic mass is 16.6. The van der Waals surface area contributed by atoms with E-state index in [0.29, 0.717) is 33.8 Å². The molecular formula is C27H19N5O3. The summed E-state index contributed by atoms with van der Waals surface area (Å²) in [7, 11) is 0. The van der Waals surface area contributed by atoms with Gasteiger partial charge in [-0.2, -0.15) is 10.2 Å². The van der Waals surface area contributed by atoms with Crippen molar-refractivity contribution in [1.29, 1.82) is 0 Å². The lowest BCUT2D eigenvalue weighted by atomic mass is 10.1. The summed E-state index contributed by atoms with van der Waals surface area (Å²) in [5.41, 5.74) is 3.91. The Labute approximate surface area is 200 Å². The fourth-order valence-electron chi connectivity index (χ4n) is 3.85. The summed E-state index contributed by atoms with van der Waals surface area (Å²) in [6.07, 6.45) is 0. The number of non-ortho nitro benzene ring substituents is 1. The van der Waals surface area contributed by atoms with Crippen LogP contribution in [0.15, 0.2) is 112 Å². The summed E-state index contributed by atoms with van der Waals surface area (Å²) in [6.45, 7) is 1.90. The van der Waals surface area contributed by atoms with Gasteiger partial charge >= 0.3 is 0 Å². The first-order chi connectivity index (χ1) is 17.0. The second-order valence-electron chi connectivity index (χ2n) is 7.90. The van der Waals surface area contributed by atoms with E-state index < -0.39 is 4.92 Å². The molecule has 0 amide bonds. The average molecular weight is 461 g/mol. The molecule has 0 fully saturated rings. The quantitative estimate of drug-likeness (QED) is 0.165. The average Bonchev–Trinajstić information content (AvgIpc) is 2.89. The predicted molar refractivity (Wildman–Crippen MR) is 135 cm³/mol. The summed E-state index contributed by atoms with van der Waals surface area (Å²) in [5.74, 6) is 0.553. The summed E-state index contributed by atoms with van der Waals surface area (Å²) >= 11 is 0. The lowest BCUT2D eigenvalue weighted by molar-refractivity contribution is -0.384. The van der Waals surface area contributed by atoms with Gasteiger partial charge in [0.25, 0.3) is 11.2 Å². The zero-order valence-electron chi connectivity index (χ0n) is 18.7. The van der Waals surface area contributed by atoms with Crippen LogP contribution in [0.3, 0.4) is 0 Å². The van der Waals surface area contributed by atoms with Crippen molar-refractivity contribution in [3.8, 4) is 17.1 Å². The molecule has 0 aliphatic rings. The van der Waals surface area contributed by atoms with Crippen LogP contribution >= 0.6 is 0 Å². The molecule has 0 atom stereocenters. The van der Waals surface area contributed by atoms with Crippen molar-refractivity contribution in [2.24, 2.45) is 10.2 Å². The minimum absolute atomic E-state index is 0.00666. The largest absolute Gasteiger partial charge is 0.269 e. The lowest BCUT2D eigenvalue weighted by Crippen LogP contribution is -2.22. The molecule has 0 aliphatic carbocycles. The molecule has 1 heterocycles. The maximum Gasteiger partial charge on any atom is 0.269 e. The van der Waals surface area contributed by atoms with Crippen LogP contribution in [-0.2, 0) is 0 Å². The molecule has 5 aromatic rings. The van der Waals surface area contributed by atoms with Crippen LogP contribution in [0.5, 0.6) is 0 Å². The number of rotatable bonds is 5. The zero-order valence-corrected chi connectivity index (χ0v) is 18.7. The topological polar surface area (TPSA) is 103 Å². The van der Waals surface area contributed by atoms with Gasteiger partial charge in [0.2, 0.25) is 0 Å². The van der Waals surface area contributed by atoms with Crippen molar-refractivity contribution < 1.29 is 4.92 Å². The number of nitrogens with zero attached hydrogens (tertiary/aromatic N) is 5. The number of azo groups is 1. The van der Waals surface area contributed by atoms with E-state index in [9.17, 15) is 14.9 Å². The van der Waals surface area contributed by atoms with Crippen LogP contribution in [0.2, 0.25) is 0 Å². The monoisotopic (exact) mass is 461 g/mol. The van der Waals surface area contributed by atoms with Crippen molar-refractivity contribution >= 4 is 28.0 Å². The molecule has 0 unspecified atom stereocenters. The van der Waals surface area contributed by atoms with Crippen molar-refractivity contribution in [1.82, 2.24) is 9.55 Å². The Balaban J connectivity index is 1.58. The number of aromatic nitrogens is 2. The Hall–Kier alpha value is -4.98. The maximum atomic E-state index is 13.6. The number of nitro groups is 1. The van der Waals surface area contributed by atoms with Crippen molar-refractivity contribution in [3.05, 3.63) is 123 Å². The second-order valence-corrected chi connectivity index (χ2v) is 7.90. The van der Waals surface area contributed by atoms with Crippen LogP contribution in [-0.4, -0.2) is 14.5 Å². The molecule has 4 aromatic carbocycles. The van der Waals surface area contributed by atoms with Crippen molar-refractivity contribution in [3.63, 3.8) is 0 Å². The molecule has 0 aliphatic heterocycles. The van der Waals surface area contributed by atoms with Gasteiger partial charge in [0.1, 0.15) is 5.82 Å². The van der Waals surface area contributed by atoms with E-state index in [4.69, 9.17) is 4.98 Å². The van der Waals surface area contributed by atoms with E-state index in [1.165, 1.54) is 24.3 Å². The van der Waals surface area contributed by atoms with Crippen LogP contribution in [0.4, 0.5) is 17.1 Å². The molecule has 8 heteroatoms. The van der Waals surface area contributed by atoms with Crippen molar-refractivity contribution in [2.75, 3.05) is 0 Å². The summed E-state index contributed by atoms with van der Waals surface area (Å²) < 4.78 is 1.63. The van der Waals surface area contributed by atoms with Crippen LogP contribution in [0.1, 0.15) is 5.56 Å². The van der Waals surface area contributed by atoms with E-state index >= 15 is 0 Å². The molecule has 170 valence electrons. The first-order valence-corrected chi connectivity index (χ1v) is 10.9. The van der Waals surface area contributed by atoms with Crippen molar-refractivity contribution in [2.45, 2.75) is 6.92 Å². The van der Waals surface area contributed by atoms with Gasteiger partial charge in [-0.3, -0.25) is 19.5 Å². The molecule has 0 saturated heterocycles. The molecule has 5 rings (SSSR count). The Kier molecular flexibility index (Phi) is 5.68. The molecule has 8 nitrogen and oxygen atoms in total. The zero-order chi connectivity index (χ0) is 24.4. The first-order valence-electron chi connectivity index (χ1n) is 10.9. The molecule has 0 bridgehead atoms. The minimum Gasteiger partial charge on any atom is -0.268 e. The fraction of sp³-hybridized carbons (Fsp3) is 0.0370. The second kappa shape index (κ2) is 9.11. The van der Waals surface area contributed by atoms with Gasteiger partial charge in [-0.05, 0) is 55.0 Å². The Morgan fingerprint density at radius 3 is 2.20 bits per heavy atom. The highest BCUT2D eigenvalue weighted by Gasteiger charge is 2.16. The van der Waals surface area contributed by atoms with Gasteiger partial charge in [-0.25, -0.2) is 4.98 Å². The number of hydrogen-bond donors (Lipinski definition) is 0. The third kappa shape index (κ3) is 4.32. The van der Waals surface area contributed by atoms with Crippen LogP contribution in [0.25, 0.3) is 28.0 Å². The van der Waals surface area contributed by atoms with Gasteiger partial charge in [-0.1, -0.05) is 42.5 Å². The Bertz CT molecular complexity index is 1640. The lowest BCUT2D eigenvalue weighted by Gasteiger charge is -2.16. The third-order valence-electron chi connectivity index (χ3n) is 5.57. The summed E-state index contributed by atoms with van der Waals surface area (Å²) in [4.78, 5) is 28.7. The third-order valence-corrected chi connectivity index (χ3v) is 5.57. The highest BCUT2D eigenvalue weighted by molar-refractivity contribution is 5.80. The molecule has 35 heavy (non-hydrogen) atoms. The molecule has 0 N–H and O–H groups in total. The highest BCUT2D eigenvalue weighted by Crippen LogP contribution is 2.27. The molecule has 0 saturated carbocycles. The molecule has 1 aromatic heterocycles. The summed E-state index contributed by atoms with van der Waals surface area (Å²) in [6, 6.07) is 28.2. The number of aryl methyl sites for hydroxylation is 1. The first kappa shape index (κ1) is 21.8. The Morgan fingerprint density at radius 1 is 0.829 bits per heavy atom. The normalized spacial score (nSPS) is 11.2. The van der Waals surface area contributed by atoms with E-state index in [1.807, 2.05) is 67.6 Å². The van der Waals surface area contributed by atoms with Gasteiger partial charge in [0, 0.05) is 17.7 Å². The van der Waals surface area contributed by atoms with Gasteiger partial charge in [0.05, 0.1) is 32.9 Å². The SMILES string of the molecule is Cc1cc(N=Nc2ccc([N+](=O)[O-])cc2)ccc1-n1c(-c2ccccc2)nc2ccccc2c1=O. The smallest absolute Gasteiger partial charge is 0.268 e. The molecular weight excluding hydrogens is 442 g/mol. The summed E-state index contributed by atoms with van der Waals surface area (Å²) in [5, 5.41) is 19.8. The number of nitro benzene ring substituents is 1. The van der Waals surface area contributed by atoms with E-state index in [2.05, 4.69) is 10.2 Å². The standard InChI is InChI=1S/C27H19N5O3/c1-18-17-21(30-29-20-11-14-22(15-12-20)32(34)35)13-16-25(18)31-26(19-7-3-2-4-8-19)28-24-10-6-5-9-23(24)27(31)33/h2-17H,1H3. The number of fused-ring (bicyclic) bond motifs is 1. The number of para-hydroxylation sites is 1. The van der Waals surface area contributed by atoms with Gasteiger partial charge < -0.3 is 0 Å². The minimum atomic E-state index is -0.462. The predicted octanol–water partition coefficient (Wildman–Crippen LogP) is 6.68. The van der Waals surface area contributed by atoms with E-state index in [0.717, 1.165) is 11.1 Å². The van der Waals surface area contributed by atoms with Crippen LogP contribution < -0.4 is 5.56 Å². The molecule has 0 radical (unpaired) electrons. The van der Waals surface area contributed by atoms with E-state index in [-0.39, 0.29) is 11.2 Å². The van der Waals surface area contributed by atoms with Gasteiger partial charge in [0.15, 0.2) is 0 Å². The maximum absolute atomic E-state index is 13.6. The molecule has 0 spiro atoms. The van der Waals surface area contributed by atoms with Gasteiger partial charge in [-0.15, -0.1) is 0 Å². The fourth-order valence-corrected chi connectivity index (χ4v) is 3.85. The number of hydrogen-bond acceptors (Lipinski definition) is 6. The number of benzene rings is 4. The Morgan fingerprint density at radius 2 is 1.49 bits per heavy atom. The van der Waals surface area contributed by atoms with E-state index in [1.54, 1.807) is 16.7 Å². The van der Waals surface area contributed by atoms with Crippen LogP contribution in [0, 0.1) is 17.0 Å².